The van der Waals surface area contributed by atoms with Crippen LogP contribution >= 0.6 is 0 Å². The molecule has 1 aromatic carbocycles. The summed E-state index contributed by atoms with van der Waals surface area (Å²) in [5.41, 5.74) is 1.02. The van der Waals surface area contributed by atoms with Gasteiger partial charge in [-0.3, -0.25) is 0 Å². The Labute approximate surface area is 85.8 Å². The standard InChI is InChI=1S/C13H18O/c1-13(14)9-7-12(8-10-13)11-5-3-2-4-6-11/h2-6,12,14H,7-10H2,1H3/t12-,13-. The monoisotopic (exact) mass is 190 g/mol. The third kappa shape index (κ3) is 2.16. The molecular formula is C13H18O. The van der Waals surface area contributed by atoms with Crippen molar-refractivity contribution in [1.29, 1.82) is 0 Å². The molecule has 14 heavy (non-hydrogen) atoms. The fourth-order valence-electron chi connectivity index (χ4n) is 2.30. The second kappa shape index (κ2) is 3.74. The van der Waals surface area contributed by atoms with Gasteiger partial charge in [-0.2, -0.15) is 0 Å². The van der Waals surface area contributed by atoms with E-state index in [1.807, 2.05) is 6.92 Å². The Morgan fingerprint density at radius 1 is 1.14 bits per heavy atom. The Morgan fingerprint density at radius 3 is 2.29 bits per heavy atom. The topological polar surface area (TPSA) is 20.2 Å². The molecule has 0 aromatic heterocycles. The molecule has 1 nitrogen and oxygen atoms in total. The third-order valence-electron chi connectivity index (χ3n) is 3.33. The zero-order valence-electron chi connectivity index (χ0n) is 8.74. The van der Waals surface area contributed by atoms with Gasteiger partial charge in [-0.1, -0.05) is 30.3 Å². The first-order chi connectivity index (χ1) is 6.67. The minimum absolute atomic E-state index is 0.411. The van der Waals surface area contributed by atoms with Crippen LogP contribution in [0, 0.1) is 0 Å². The Balaban J connectivity index is 2.03. The van der Waals surface area contributed by atoms with E-state index in [-0.39, 0.29) is 0 Å². The third-order valence-corrected chi connectivity index (χ3v) is 3.33. The van der Waals surface area contributed by atoms with Crippen LogP contribution in [0.5, 0.6) is 0 Å². The summed E-state index contributed by atoms with van der Waals surface area (Å²) in [6, 6.07) is 10.7. The molecule has 0 heterocycles. The molecule has 1 N–H and O–H groups in total. The predicted octanol–water partition coefficient (Wildman–Crippen LogP) is 3.10. The second-order valence-electron chi connectivity index (χ2n) is 4.68. The van der Waals surface area contributed by atoms with Crippen molar-refractivity contribution in [2.45, 2.75) is 44.1 Å². The lowest BCUT2D eigenvalue weighted by molar-refractivity contribution is 0.0172. The highest BCUT2D eigenvalue weighted by atomic mass is 16.3. The minimum Gasteiger partial charge on any atom is -0.390 e. The van der Waals surface area contributed by atoms with Crippen LogP contribution in [0.2, 0.25) is 0 Å². The Kier molecular flexibility index (Phi) is 2.60. The molecule has 1 fully saturated rings. The maximum absolute atomic E-state index is 9.84. The van der Waals surface area contributed by atoms with Crippen molar-refractivity contribution in [2.24, 2.45) is 0 Å². The molecule has 0 bridgehead atoms. The van der Waals surface area contributed by atoms with Crippen LogP contribution in [0.1, 0.15) is 44.1 Å². The van der Waals surface area contributed by atoms with Crippen LogP contribution < -0.4 is 0 Å². The van der Waals surface area contributed by atoms with Gasteiger partial charge in [-0.15, -0.1) is 0 Å². The fraction of sp³-hybridized carbons (Fsp3) is 0.538. The average Bonchev–Trinajstić information content (AvgIpc) is 2.19. The Morgan fingerprint density at radius 2 is 1.71 bits per heavy atom. The number of rotatable bonds is 1. The SMILES string of the molecule is C[C@]1(O)CC[C@H](c2ccccc2)CC1. The van der Waals surface area contributed by atoms with Crippen molar-refractivity contribution in [3.05, 3.63) is 35.9 Å². The van der Waals surface area contributed by atoms with Crippen LogP contribution in [0.25, 0.3) is 0 Å². The van der Waals surface area contributed by atoms with Gasteiger partial charge in [0, 0.05) is 0 Å². The highest BCUT2D eigenvalue weighted by molar-refractivity contribution is 5.20. The van der Waals surface area contributed by atoms with Crippen molar-refractivity contribution < 1.29 is 5.11 Å². The van der Waals surface area contributed by atoms with Crippen LogP contribution in [-0.4, -0.2) is 10.7 Å². The molecule has 0 aliphatic heterocycles. The van der Waals surface area contributed by atoms with E-state index in [4.69, 9.17) is 0 Å². The molecule has 0 atom stereocenters. The summed E-state index contributed by atoms with van der Waals surface area (Å²) in [5.74, 6) is 0.663. The molecule has 0 spiro atoms. The largest absolute Gasteiger partial charge is 0.390 e. The number of benzene rings is 1. The highest BCUT2D eigenvalue weighted by Gasteiger charge is 2.28. The van der Waals surface area contributed by atoms with Gasteiger partial charge in [0.2, 0.25) is 0 Å². The second-order valence-corrected chi connectivity index (χ2v) is 4.68. The molecule has 1 aromatic rings. The normalized spacial score (nSPS) is 32.9. The fourth-order valence-corrected chi connectivity index (χ4v) is 2.30. The van der Waals surface area contributed by atoms with Crippen molar-refractivity contribution in [1.82, 2.24) is 0 Å². The lowest BCUT2D eigenvalue weighted by Gasteiger charge is -2.33. The first-order valence-electron chi connectivity index (χ1n) is 5.45. The molecule has 0 radical (unpaired) electrons. The van der Waals surface area contributed by atoms with Crippen molar-refractivity contribution in [2.75, 3.05) is 0 Å². The minimum atomic E-state index is -0.411. The summed E-state index contributed by atoms with van der Waals surface area (Å²) in [6.45, 7) is 1.95. The molecule has 2 rings (SSSR count). The molecule has 76 valence electrons. The lowest BCUT2D eigenvalue weighted by Crippen LogP contribution is -2.29. The Hall–Kier alpha value is -0.820. The van der Waals surface area contributed by atoms with Gasteiger partial charge in [0.25, 0.3) is 0 Å². The van der Waals surface area contributed by atoms with E-state index >= 15 is 0 Å². The first kappa shape index (κ1) is 9.72. The van der Waals surface area contributed by atoms with E-state index in [1.54, 1.807) is 0 Å². The zero-order valence-corrected chi connectivity index (χ0v) is 8.74. The van der Waals surface area contributed by atoms with Crippen molar-refractivity contribution in [3.63, 3.8) is 0 Å². The van der Waals surface area contributed by atoms with Gasteiger partial charge in [0.05, 0.1) is 5.60 Å². The van der Waals surface area contributed by atoms with Crippen LogP contribution in [-0.2, 0) is 0 Å². The van der Waals surface area contributed by atoms with E-state index in [9.17, 15) is 5.11 Å². The van der Waals surface area contributed by atoms with Gasteiger partial charge in [-0.05, 0) is 44.1 Å². The molecule has 0 unspecified atom stereocenters. The first-order valence-corrected chi connectivity index (χ1v) is 5.45. The van der Waals surface area contributed by atoms with Gasteiger partial charge in [0.15, 0.2) is 0 Å². The zero-order chi connectivity index (χ0) is 10.0. The predicted molar refractivity (Wildman–Crippen MR) is 58.3 cm³/mol. The van der Waals surface area contributed by atoms with Crippen molar-refractivity contribution >= 4 is 0 Å². The molecule has 1 heteroatoms. The van der Waals surface area contributed by atoms with Crippen LogP contribution in [0.3, 0.4) is 0 Å². The summed E-state index contributed by atoms with van der Waals surface area (Å²) in [5, 5.41) is 9.84. The molecule has 0 amide bonds. The van der Waals surface area contributed by atoms with E-state index < -0.39 is 5.60 Å². The van der Waals surface area contributed by atoms with Crippen LogP contribution in [0.15, 0.2) is 30.3 Å². The van der Waals surface area contributed by atoms with E-state index in [0.717, 1.165) is 25.7 Å². The summed E-state index contributed by atoms with van der Waals surface area (Å²) in [7, 11) is 0. The van der Waals surface area contributed by atoms with Gasteiger partial charge in [0.1, 0.15) is 0 Å². The maximum atomic E-state index is 9.84. The number of hydrogen-bond donors (Lipinski definition) is 1. The highest BCUT2D eigenvalue weighted by Crippen LogP contribution is 2.37. The van der Waals surface area contributed by atoms with Crippen LogP contribution in [0.4, 0.5) is 0 Å². The lowest BCUT2D eigenvalue weighted by atomic mass is 9.77. The van der Waals surface area contributed by atoms with E-state index in [2.05, 4.69) is 30.3 Å². The van der Waals surface area contributed by atoms with E-state index in [1.165, 1.54) is 5.56 Å². The molecule has 1 saturated carbocycles. The summed E-state index contributed by atoms with van der Waals surface area (Å²) < 4.78 is 0. The quantitative estimate of drug-likeness (QED) is 0.721. The maximum Gasteiger partial charge on any atom is 0.0620 e. The Bertz CT molecular complexity index is 279. The van der Waals surface area contributed by atoms with E-state index in [0.29, 0.717) is 5.92 Å². The molecular weight excluding hydrogens is 172 g/mol. The number of hydrogen-bond acceptors (Lipinski definition) is 1. The summed E-state index contributed by atoms with van der Waals surface area (Å²) in [4.78, 5) is 0. The average molecular weight is 190 g/mol. The molecule has 1 aliphatic carbocycles. The summed E-state index contributed by atoms with van der Waals surface area (Å²) >= 11 is 0. The van der Waals surface area contributed by atoms with Gasteiger partial charge >= 0.3 is 0 Å². The van der Waals surface area contributed by atoms with Crippen molar-refractivity contribution in [3.8, 4) is 0 Å². The smallest absolute Gasteiger partial charge is 0.0620 e. The number of aliphatic hydroxyl groups is 1. The molecule has 1 aliphatic rings. The van der Waals surface area contributed by atoms with Gasteiger partial charge in [-0.25, -0.2) is 0 Å². The summed E-state index contributed by atoms with van der Waals surface area (Å²) in [6.07, 6.45) is 4.12. The van der Waals surface area contributed by atoms with Gasteiger partial charge < -0.3 is 5.11 Å². The molecule has 0 saturated heterocycles.